The first-order valence-electron chi connectivity index (χ1n) is 10.2. The number of alkyl halides is 3. The Kier molecular flexibility index (Phi) is 5.26. The maximum atomic E-state index is 13.6. The van der Waals surface area contributed by atoms with Crippen molar-refractivity contribution in [1.82, 2.24) is 0 Å². The second-order valence-electron chi connectivity index (χ2n) is 7.73. The highest BCUT2D eigenvalue weighted by atomic mass is 19.4. The molecule has 6 heteroatoms. The molecule has 1 aliphatic heterocycles. The Morgan fingerprint density at radius 2 is 1.70 bits per heavy atom. The number of ketones is 1. The van der Waals surface area contributed by atoms with Gasteiger partial charge in [-0.3, -0.25) is 14.5 Å². The lowest BCUT2D eigenvalue weighted by Gasteiger charge is -2.39. The molecule has 0 spiro atoms. The van der Waals surface area contributed by atoms with Crippen LogP contribution >= 0.6 is 0 Å². The van der Waals surface area contributed by atoms with Crippen molar-refractivity contribution in [2.24, 2.45) is 0 Å². The minimum Gasteiger partial charge on any atom is -0.294 e. The first kappa shape index (κ1) is 20.4. The van der Waals surface area contributed by atoms with E-state index in [9.17, 15) is 22.8 Å². The first-order valence-corrected chi connectivity index (χ1v) is 10.2. The van der Waals surface area contributed by atoms with Gasteiger partial charge in [0.1, 0.15) is 0 Å². The number of halogens is 3. The molecule has 0 aromatic heterocycles. The number of Topliss-reactive ketones (excluding diaryl/α,β-unsaturated/α-hetero) is 1. The highest BCUT2D eigenvalue weighted by molar-refractivity contribution is 6.07. The predicted molar refractivity (Wildman–Crippen MR) is 108 cm³/mol. The molecule has 1 heterocycles. The van der Waals surface area contributed by atoms with E-state index in [0.29, 0.717) is 30.5 Å². The van der Waals surface area contributed by atoms with E-state index in [1.54, 1.807) is 0 Å². The van der Waals surface area contributed by atoms with Gasteiger partial charge in [0.2, 0.25) is 5.91 Å². The number of allylic oxidation sites excluding steroid dienone is 2. The van der Waals surface area contributed by atoms with Crippen LogP contribution in [0.2, 0.25) is 0 Å². The Balaban J connectivity index is 1.86. The van der Waals surface area contributed by atoms with Gasteiger partial charge in [-0.25, -0.2) is 0 Å². The summed E-state index contributed by atoms with van der Waals surface area (Å²) in [5.74, 6) is -0.909. The van der Waals surface area contributed by atoms with Crippen LogP contribution in [0, 0.1) is 0 Å². The molecule has 0 N–H and O–H groups in total. The van der Waals surface area contributed by atoms with Crippen molar-refractivity contribution in [2.45, 2.75) is 51.1 Å². The van der Waals surface area contributed by atoms with Gasteiger partial charge >= 0.3 is 6.18 Å². The van der Waals surface area contributed by atoms with Crippen molar-refractivity contribution in [3.63, 3.8) is 0 Å². The van der Waals surface area contributed by atoms with Crippen LogP contribution in [-0.4, -0.2) is 11.7 Å². The van der Waals surface area contributed by atoms with Gasteiger partial charge in [0.05, 0.1) is 11.3 Å². The second-order valence-corrected chi connectivity index (χ2v) is 7.73. The Labute approximate surface area is 173 Å². The molecule has 1 aliphatic carbocycles. The summed E-state index contributed by atoms with van der Waals surface area (Å²) >= 11 is 0. The Bertz CT molecular complexity index is 1020. The Hall–Kier alpha value is -2.89. The van der Waals surface area contributed by atoms with E-state index >= 15 is 0 Å². The number of hydrogen-bond donors (Lipinski definition) is 0. The molecule has 3 nitrogen and oxygen atoms in total. The van der Waals surface area contributed by atoms with Crippen LogP contribution in [0.3, 0.4) is 0 Å². The molecule has 156 valence electrons. The van der Waals surface area contributed by atoms with Crippen molar-refractivity contribution in [3.8, 4) is 0 Å². The second kappa shape index (κ2) is 7.74. The molecule has 2 aliphatic rings. The zero-order valence-corrected chi connectivity index (χ0v) is 16.6. The van der Waals surface area contributed by atoms with Crippen LogP contribution in [0.1, 0.15) is 55.2 Å². The molecular weight excluding hydrogens is 391 g/mol. The number of hydrogen-bond acceptors (Lipinski definition) is 2. The lowest BCUT2D eigenvalue weighted by molar-refractivity contribution is -0.137. The van der Waals surface area contributed by atoms with Crippen molar-refractivity contribution in [1.29, 1.82) is 0 Å². The predicted octanol–water partition coefficient (Wildman–Crippen LogP) is 5.80. The lowest BCUT2D eigenvalue weighted by Crippen LogP contribution is -2.41. The molecule has 1 atom stereocenters. The number of amides is 1. The molecule has 1 unspecified atom stereocenters. The Morgan fingerprint density at radius 3 is 2.37 bits per heavy atom. The van der Waals surface area contributed by atoms with Crippen molar-refractivity contribution < 1.29 is 22.8 Å². The number of nitrogens with zero attached hydrogens (tertiary/aromatic N) is 1. The highest BCUT2D eigenvalue weighted by Crippen LogP contribution is 2.46. The molecule has 0 radical (unpaired) electrons. The Morgan fingerprint density at radius 1 is 1.00 bits per heavy atom. The largest absolute Gasteiger partial charge is 0.418 e. The zero-order chi connectivity index (χ0) is 21.5. The quantitative estimate of drug-likeness (QED) is 0.638. The van der Waals surface area contributed by atoms with Gasteiger partial charge in [0.15, 0.2) is 5.78 Å². The molecular formula is C24H22F3NO2. The summed E-state index contributed by atoms with van der Waals surface area (Å²) in [6.45, 7) is 2.04. The van der Waals surface area contributed by atoms with Crippen molar-refractivity contribution in [2.75, 3.05) is 4.90 Å². The topological polar surface area (TPSA) is 37.4 Å². The number of rotatable bonds is 3. The fraction of sp³-hybridized carbons (Fsp3) is 0.333. The van der Waals surface area contributed by atoms with Crippen molar-refractivity contribution >= 4 is 17.4 Å². The summed E-state index contributed by atoms with van der Waals surface area (Å²) in [7, 11) is 0. The third-order valence-electron chi connectivity index (χ3n) is 5.92. The molecule has 4 rings (SSSR count). The van der Waals surface area contributed by atoms with Crippen LogP contribution in [0.15, 0.2) is 59.8 Å². The fourth-order valence-corrected chi connectivity index (χ4v) is 4.45. The highest BCUT2D eigenvalue weighted by Gasteiger charge is 2.43. The van der Waals surface area contributed by atoms with E-state index in [2.05, 4.69) is 0 Å². The first-order chi connectivity index (χ1) is 14.3. The number of carbonyl (C=O) groups excluding carboxylic acids is 2. The van der Waals surface area contributed by atoms with Crippen LogP contribution in [0.25, 0.3) is 0 Å². The fourth-order valence-electron chi connectivity index (χ4n) is 4.45. The maximum absolute atomic E-state index is 13.6. The van der Waals surface area contributed by atoms with E-state index in [1.165, 1.54) is 18.2 Å². The minimum absolute atomic E-state index is 0.0256. The molecule has 0 bridgehead atoms. The van der Waals surface area contributed by atoms with E-state index in [1.807, 2.05) is 31.2 Å². The van der Waals surface area contributed by atoms with E-state index in [4.69, 9.17) is 0 Å². The number of benzene rings is 2. The normalized spacial score (nSPS) is 19.9. The third kappa shape index (κ3) is 3.55. The van der Waals surface area contributed by atoms with Crippen LogP contribution in [0.4, 0.5) is 18.9 Å². The zero-order valence-electron chi connectivity index (χ0n) is 16.6. The van der Waals surface area contributed by atoms with Crippen LogP contribution in [-0.2, 0) is 22.2 Å². The average molecular weight is 413 g/mol. The van der Waals surface area contributed by atoms with Gasteiger partial charge in [-0.15, -0.1) is 0 Å². The third-order valence-corrected chi connectivity index (χ3v) is 5.92. The van der Waals surface area contributed by atoms with Gasteiger partial charge in [-0.05, 0) is 42.5 Å². The SMILES string of the molecule is CCc1ccc(C2CC(=O)N(c3ccccc3C(F)(F)F)C3=C2C(=O)CCC3)cc1. The van der Waals surface area contributed by atoms with Crippen molar-refractivity contribution in [3.05, 3.63) is 76.5 Å². The van der Waals surface area contributed by atoms with E-state index in [-0.39, 0.29) is 17.9 Å². The van der Waals surface area contributed by atoms with Crippen LogP contribution in [0.5, 0.6) is 0 Å². The lowest BCUT2D eigenvalue weighted by atomic mass is 9.77. The summed E-state index contributed by atoms with van der Waals surface area (Å²) in [6, 6.07) is 12.9. The van der Waals surface area contributed by atoms with E-state index < -0.39 is 23.6 Å². The van der Waals surface area contributed by atoms with Gasteiger partial charge in [0, 0.05) is 30.0 Å². The molecule has 2 aromatic rings. The van der Waals surface area contributed by atoms with Gasteiger partial charge in [0.25, 0.3) is 0 Å². The number of para-hydroxylation sites is 1. The average Bonchev–Trinajstić information content (AvgIpc) is 2.73. The van der Waals surface area contributed by atoms with E-state index in [0.717, 1.165) is 28.5 Å². The molecule has 30 heavy (non-hydrogen) atoms. The standard InChI is InChI=1S/C24H22F3NO2/c1-2-15-10-12-16(13-11-15)17-14-22(30)28(20-8-5-9-21(29)23(17)20)19-7-4-3-6-18(19)24(25,26)27/h3-4,6-7,10-13,17H,2,5,8-9,14H2,1H3. The summed E-state index contributed by atoms with van der Waals surface area (Å²) in [5, 5.41) is 0. The summed E-state index contributed by atoms with van der Waals surface area (Å²) in [5.41, 5.74) is 1.84. The summed E-state index contributed by atoms with van der Waals surface area (Å²) in [4.78, 5) is 27.2. The maximum Gasteiger partial charge on any atom is 0.418 e. The molecule has 1 amide bonds. The summed E-state index contributed by atoms with van der Waals surface area (Å²) < 4.78 is 40.9. The van der Waals surface area contributed by atoms with Crippen LogP contribution < -0.4 is 4.90 Å². The number of anilines is 1. The van der Waals surface area contributed by atoms with Gasteiger partial charge in [-0.2, -0.15) is 13.2 Å². The summed E-state index contributed by atoms with van der Waals surface area (Å²) in [6.07, 6.45) is -2.46. The smallest absolute Gasteiger partial charge is 0.294 e. The minimum atomic E-state index is -4.59. The van der Waals surface area contributed by atoms with Gasteiger partial charge < -0.3 is 0 Å². The molecule has 0 saturated heterocycles. The molecule has 2 aromatic carbocycles. The monoisotopic (exact) mass is 413 g/mol. The number of carbonyl (C=O) groups is 2. The number of aryl methyl sites for hydroxylation is 1. The molecule has 0 saturated carbocycles. The van der Waals surface area contributed by atoms with Gasteiger partial charge in [-0.1, -0.05) is 43.3 Å². The molecule has 0 fully saturated rings.